The molecule has 0 amide bonds. The van der Waals surface area contributed by atoms with Crippen LogP contribution in [0.5, 0.6) is 5.75 Å². The first-order valence-corrected chi connectivity index (χ1v) is 6.01. The van der Waals surface area contributed by atoms with Crippen LogP contribution < -0.4 is 15.4 Å². The fourth-order valence-corrected chi connectivity index (χ4v) is 1.74. The van der Waals surface area contributed by atoms with Crippen molar-refractivity contribution in [1.82, 2.24) is 0 Å². The minimum atomic E-state index is 0.107. The fraction of sp³-hybridized carbons (Fsp3) is 0.462. The van der Waals surface area contributed by atoms with Gasteiger partial charge in [-0.2, -0.15) is 0 Å². The average Bonchev–Trinajstić information content (AvgIpc) is 2.43. The van der Waals surface area contributed by atoms with Gasteiger partial charge in [-0.05, 0) is 18.6 Å². The summed E-state index contributed by atoms with van der Waals surface area (Å²) < 4.78 is 5.21. The van der Waals surface area contributed by atoms with E-state index in [2.05, 4.69) is 17.0 Å². The van der Waals surface area contributed by atoms with Crippen LogP contribution in [0.2, 0.25) is 0 Å². The molecule has 0 bridgehead atoms. The first-order valence-electron chi connectivity index (χ1n) is 6.01. The first-order chi connectivity index (χ1) is 8.63. The van der Waals surface area contributed by atoms with Crippen molar-refractivity contribution >= 4 is 11.5 Å². The standard InChI is InChI=1S/C13H21N3O2/c1-4-5-8-16(2)12-9-10(18-3)6-7-11(12)13(14)15-17/h6-7,9,17H,4-5,8H2,1-3H3,(H2,14,15). The number of nitrogens with two attached hydrogens (primary N) is 1. The molecule has 1 aromatic carbocycles. The van der Waals surface area contributed by atoms with Crippen molar-refractivity contribution in [3.05, 3.63) is 23.8 Å². The third kappa shape index (κ3) is 3.29. The Morgan fingerprint density at radius 2 is 2.22 bits per heavy atom. The molecule has 0 saturated heterocycles. The van der Waals surface area contributed by atoms with Crippen LogP contribution in [0.25, 0.3) is 0 Å². The SMILES string of the molecule is CCCCN(C)c1cc(OC)ccc1/C(N)=N/O. The lowest BCUT2D eigenvalue weighted by Crippen LogP contribution is -2.23. The van der Waals surface area contributed by atoms with Gasteiger partial charge in [-0.25, -0.2) is 0 Å². The van der Waals surface area contributed by atoms with E-state index in [1.165, 1.54) is 0 Å². The van der Waals surface area contributed by atoms with Gasteiger partial charge >= 0.3 is 0 Å². The Morgan fingerprint density at radius 3 is 2.78 bits per heavy atom. The molecule has 5 nitrogen and oxygen atoms in total. The largest absolute Gasteiger partial charge is 0.497 e. The van der Waals surface area contributed by atoms with E-state index in [0.717, 1.165) is 30.8 Å². The number of methoxy groups -OCH3 is 1. The summed E-state index contributed by atoms with van der Waals surface area (Å²) in [5.41, 5.74) is 7.29. The second-order valence-corrected chi connectivity index (χ2v) is 4.14. The van der Waals surface area contributed by atoms with Gasteiger partial charge in [0.1, 0.15) is 5.75 Å². The molecule has 5 heteroatoms. The fourth-order valence-electron chi connectivity index (χ4n) is 1.74. The highest BCUT2D eigenvalue weighted by atomic mass is 16.5. The third-order valence-corrected chi connectivity index (χ3v) is 2.85. The third-order valence-electron chi connectivity index (χ3n) is 2.85. The summed E-state index contributed by atoms with van der Waals surface area (Å²) in [4.78, 5) is 2.08. The van der Waals surface area contributed by atoms with E-state index in [4.69, 9.17) is 15.7 Å². The molecule has 18 heavy (non-hydrogen) atoms. The van der Waals surface area contributed by atoms with E-state index in [0.29, 0.717) is 5.56 Å². The normalized spacial score (nSPS) is 11.4. The molecule has 3 N–H and O–H groups in total. The molecule has 0 radical (unpaired) electrons. The van der Waals surface area contributed by atoms with Crippen LogP contribution in [0.1, 0.15) is 25.3 Å². The molecule has 0 saturated carbocycles. The zero-order chi connectivity index (χ0) is 13.5. The highest BCUT2D eigenvalue weighted by molar-refractivity contribution is 6.02. The van der Waals surface area contributed by atoms with Crippen molar-refractivity contribution in [2.24, 2.45) is 10.9 Å². The van der Waals surface area contributed by atoms with Crippen molar-refractivity contribution in [2.45, 2.75) is 19.8 Å². The Kier molecular flexibility index (Phi) is 5.30. The molecule has 0 atom stereocenters. The minimum Gasteiger partial charge on any atom is -0.497 e. The van der Waals surface area contributed by atoms with Gasteiger partial charge in [-0.3, -0.25) is 0 Å². The van der Waals surface area contributed by atoms with Crippen LogP contribution in [-0.2, 0) is 0 Å². The van der Waals surface area contributed by atoms with Crippen LogP contribution in [0.3, 0.4) is 0 Å². The van der Waals surface area contributed by atoms with Gasteiger partial charge in [0.05, 0.1) is 12.8 Å². The smallest absolute Gasteiger partial charge is 0.172 e. The number of anilines is 1. The number of hydrogen-bond donors (Lipinski definition) is 2. The molecule has 1 rings (SSSR count). The maximum atomic E-state index is 8.81. The summed E-state index contributed by atoms with van der Waals surface area (Å²) in [6, 6.07) is 5.49. The molecule has 0 unspecified atom stereocenters. The molecule has 0 spiro atoms. The van der Waals surface area contributed by atoms with Crippen molar-refractivity contribution < 1.29 is 9.94 Å². The summed E-state index contributed by atoms with van der Waals surface area (Å²) in [7, 11) is 3.60. The van der Waals surface area contributed by atoms with E-state index in [9.17, 15) is 0 Å². The maximum absolute atomic E-state index is 8.81. The minimum absolute atomic E-state index is 0.107. The monoisotopic (exact) mass is 251 g/mol. The lowest BCUT2D eigenvalue weighted by atomic mass is 10.1. The lowest BCUT2D eigenvalue weighted by Gasteiger charge is -2.22. The van der Waals surface area contributed by atoms with Crippen LogP contribution in [0, 0.1) is 0 Å². The maximum Gasteiger partial charge on any atom is 0.172 e. The van der Waals surface area contributed by atoms with Gasteiger partial charge in [-0.1, -0.05) is 18.5 Å². The van der Waals surface area contributed by atoms with Gasteiger partial charge in [-0.15, -0.1) is 0 Å². The number of ether oxygens (including phenoxy) is 1. The van der Waals surface area contributed by atoms with Gasteiger partial charge in [0.2, 0.25) is 0 Å². The molecular formula is C13H21N3O2. The Labute approximate surface area is 108 Å². The van der Waals surface area contributed by atoms with Crippen molar-refractivity contribution in [3.8, 4) is 5.75 Å². The topological polar surface area (TPSA) is 71.1 Å². The molecule has 0 heterocycles. The summed E-state index contributed by atoms with van der Waals surface area (Å²) >= 11 is 0. The second-order valence-electron chi connectivity index (χ2n) is 4.14. The number of oxime groups is 1. The Morgan fingerprint density at radius 1 is 1.50 bits per heavy atom. The van der Waals surface area contributed by atoms with E-state index < -0.39 is 0 Å². The van der Waals surface area contributed by atoms with Crippen LogP contribution >= 0.6 is 0 Å². The van der Waals surface area contributed by atoms with Crippen LogP contribution in [0.15, 0.2) is 23.4 Å². The van der Waals surface area contributed by atoms with Gasteiger partial charge in [0, 0.05) is 25.2 Å². The quantitative estimate of drug-likeness (QED) is 0.351. The molecule has 0 aliphatic heterocycles. The molecule has 0 aromatic heterocycles. The van der Waals surface area contributed by atoms with Gasteiger partial charge in [0.25, 0.3) is 0 Å². The lowest BCUT2D eigenvalue weighted by molar-refractivity contribution is 0.318. The van der Waals surface area contributed by atoms with Gasteiger partial charge in [0.15, 0.2) is 5.84 Å². The Balaban J connectivity index is 3.11. The number of hydrogen-bond acceptors (Lipinski definition) is 4. The predicted molar refractivity (Wildman–Crippen MR) is 73.7 cm³/mol. The van der Waals surface area contributed by atoms with Gasteiger partial charge < -0.3 is 20.6 Å². The molecule has 1 aromatic rings. The zero-order valence-electron chi connectivity index (χ0n) is 11.2. The first kappa shape index (κ1) is 14.2. The van der Waals surface area contributed by atoms with E-state index >= 15 is 0 Å². The molecule has 100 valence electrons. The summed E-state index contributed by atoms with van der Waals surface area (Å²) in [6.07, 6.45) is 2.20. The van der Waals surface area contributed by atoms with E-state index in [1.807, 2.05) is 13.1 Å². The van der Waals surface area contributed by atoms with E-state index in [-0.39, 0.29) is 5.84 Å². The number of benzene rings is 1. The Hall–Kier alpha value is -1.91. The second kappa shape index (κ2) is 6.74. The number of nitrogens with zero attached hydrogens (tertiary/aromatic N) is 2. The molecule has 0 aliphatic carbocycles. The van der Waals surface area contributed by atoms with Crippen molar-refractivity contribution in [1.29, 1.82) is 0 Å². The van der Waals surface area contributed by atoms with Crippen molar-refractivity contribution in [3.63, 3.8) is 0 Å². The molecular weight excluding hydrogens is 230 g/mol. The zero-order valence-corrected chi connectivity index (χ0v) is 11.2. The number of rotatable bonds is 6. The number of amidine groups is 1. The highest BCUT2D eigenvalue weighted by Gasteiger charge is 2.12. The van der Waals surface area contributed by atoms with Crippen molar-refractivity contribution in [2.75, 3.05) is 25.6 Å². The Bertz CT molecular complexity index is 419. The molecule has 0 fully saturated rings. The summed E-state index contributed by atoms with van der Waals surface area (Å²) in [5, 5.41) is 11.9. The summed E-state index contributed by atoms with van der Waals surface area (Å²) in [5.74, 6) is 0.860. The molecule has 0 aliphatic rings. The van der Waals surface area contributed by atoms with E-state index in [1.54, 1.807) is 19.2 Å². The van der Waals surface area contributed by atoms with Crippen LogP contribution in [0.4, 0.5) is 5.69 Å². The predicted octanol–water partition coefficient (Wildman–Crippen LogP) is 2.03. The van der Waals surface area contributed by atoms with Crippen LogP contribution in [-0.4, -0.2) is 31.7 Å². The summed E-state index contributed by atoms with van der Waals surface area (Å²) in [6.45, 7) is 3.05. The highest BCUT2D eigenvalue weighted by Crippen LogP contribution is 2.25. The number of unbranched alkanes of at least 4 members (excludes halogenated alkanes) is 1. The average molecular weight is 251 g/mol.